The molecule has 14 atom stereocenters. The van der Waals surface area contributed by atoms with Gasteiger partial charge in [0.05, 0.1) is 24.4 Å². The third-order valence-corrected chi connectivity index (χ3v) is 20.8. The van der Waals surface area contributed by atoms with Crippen molar-refractivity contribution in [1.29, 1.82) is 0 Å². The minimum Gasteiger partial charge on any atom is -0.460 e. The fraction of sp³-hybridized carbons (Fsp3) is 0.420. The van der Waals surface area contributed by atoms with Crippen molar-refractivity contribution in [2.45, 2.75) is 172 Å². The molecule has 3 saturated carbocycles. The Bertz CT molecular complexity index is 4270. The number of carbonyl (C=O) groups is 7. The molecule has 0 bridgehead atoms. The van der Waals surface area contributed by atoms with Crippen molar-refractivity contribution in [3.05, 3.63) is 192 Å². The highest BCUT2D eigenvalue weighted by Crippen LogP contribution is 2.43. The number of hydrogen-bond donors (Lipinski definition) is 1. The second kappa shape index (κ2) is 39.5. The number of rotatable bonds is 12. The van der Waals surface area contributed by atoms with E-state index in [0.29, 0.717) is 77.6 Å². The van der Waals surface area contributed by atoms with Crippen molar-refractivity contribution >= 4 is 66.1 Å². The average Bonchev–Trinajstić information content (AvgIpc) is 1.71. The van der Waals surface area contributed by atoms with Gasteiger partial charge >= 0.3 is 41.8 Å². The van der Waals surface area contributed by atoms with Crippen molar-refractivity contribution in [3.8, 4) is 46.0 Å². The molecule has 23 heteroatoms. The van der Waals surface area contributed by atoms with Crippen LogP contribution in [0.4, 0.5) is 0 Å². The van der Waals surface area contributed by atoms with Crippen LogP contribution in [0.5, 0.6) is 46.0 Å². The van der Waals surface area contributed by atoms with Crippen molar-refractivity contribution in [3.63, 3.8) is 0 Å². The van der Waals surface area contributed by atoms with Crippen LogP contribution in [0.15, 0.2) is 170 Å². The summed E-state index contributed by atoms with van der Waals surface area (Å²) in [6.07, 6.45) is 43.6. The number of ether oxygens (including phenoxy) is 15. The number of aliphatic hydroxyl groups excluding tert-OH is 1. The van der Waals surface area contributed by atoms with Gasteiger partial charge in [0.2, 0.25) is 27.2 Å². The summed E-state index contributed by atoms with van der Waals surface area (Å²) in [6.45, 7) is 6.38. The van der Waals surface area contributed by atoms with E-state index in [1.165, 1.54) is 48.6 Å². The van der Waals surface area contributed by atoms with E-state index in [0.717, 1.165) is 99.3 Å². The molecule has 0 amide bonds. The summed E-state index contributed by atoms with van der Waals surface area (Å²) in [5.41, 5.74) is 3.15. The summed E-state index contributed by atoms with van der Waals surface area (Å²) >= 11 is 0. The number of cyclic esters (lactones) is 3. The molecule has 7 aliphatic heterocycles. The Labute approximate surface area is 646 Å². The third-order valence-electron chi connectivity index (χ3n) is 20.8. The first kappa shape index (κ1) is 79.5. The molecule has 111 heavy (non-hydrogen) atoms. The summed E-state index contributed by atoms with van der Waals surface area (Å²) in [5.74, 6) is 2.09. The Kier molecular flexibility index (Phi) is 28.3. The van der Waals surface area contributed by atoms with E-state index < -0.39 is 66.2 Å². The quantitative estimate of drug-likeness (QED) is 0.0597. The Morgan fingerprint density at radius 1 is 0.360 bits per heavy atom. The molecule has 4 aromatic carbocycles. The summed E-state index contributed by atoms with van der Waals surface area (Å²) in [7, 11) is 0. The van der Waals surface area contributed by atoms with E-state index >= 15 is 0 Å². The molecular weight excluding hydrogens is 1420 g/mol. The molecule has 10 aliphatic rings. The zero-order valence-electron chi connectivity index (χ0n) is 62.6. The predicted molar refractivity (Wildman–Crippen MR) is 408 cm³/mol. The second-order valence-electron chi connectivity index (χ2n) is 28.9. The summed E-state index contributed by atoms with van der Waals surface area (Å²) < 4.78 is 82.4. The van der Waals surface area contributed by atoms with Crippen LogP contribution in [0.3, 0.4) is 0 Å². The topological polar surface area (TPSA) is 278 Å². The highest BCUT2D eigenvalue weighted by molar-refractivity contribution is 5.90. The first-order valence-electron chi connectivity index (χ1n) is 38.4. The van der Waals surface area contributed by atoms with Crippen LogP contribution in [0.1, 0.15) is 146 Å². The first-order valence-corrected chi connectivity index (χ1v) is 38.4. The molecule has 14 rings (SSSR count). The highest BCUT2D eigenvalue weighted by atomic mass is 16.7. The Balaban J connectivity index is 0.000000159. The molecule has 0 spiro atoms. The Morgan fingerprint density at radius 3 is 1.09 bits per heavy atom. The van der Waals surface area contributed by atoms with Crippen molar-refractivity contribution < 1.29 is 110 Å². The van der Waals surface area contributed by atoms with E-state index in [1.807, 2.05) is 63.2 Å². The van der Waals surface area contributed by atoms with Gasteiger partial charge in [0, 0.05) is 54.4 Å². The lowest BCUT2D eigenvalue weighted by molar-refractivity contribution is -0.146. The monoisotopic (exact) mass is 1520 g/mol. The number of allylic oxidation sites excluding steroid dienone is 6. The normalized spacial score (nSPS) is 29.1. The van der Waals surface area contributed by atoms with Crippen LogP contribution >= 0.6 is 0 Å². The SMILES string of the molecule is C[C@H]1CCC/C=C/[C@@H]2CCC[C@H]2C(OC(=O)/C=C/c2ccc3c(c2)OCO3)/C=C/C(=O)O1.C[C@H]1CCC/C=C/[C@@H]2C[C@H](OC(=O)/C=C/c3ccc4c(c3)OCO4)C[C@H]2C(OC(=O)/C=C/c2ccc3c(c2)OCO3)/C=C/C(=O)O1.C[C@H]1CCC/C=C/[C@@H]2C[C@H](OC(=O)/C=C/c3ccc4c(c3)OCO4)C[C@H]2[C@H](O)/C=C/C(=O)O1. The van der Waals surface area contributed by atoms with Gasteiger partial charge < -0.3 is 76.2 Å². The average molecular weight is 1520 g/mol. The largest absolute Gasteiger partial charge is 0.460 e. The fourth-order valence-corrected chi connectivity index (χ4v) is 15.1. The zero-order chi connectivity index (χ0) is 77.4. The van der Waals surface area contributed by atoms with Crippen molar-refractivity contribution in [2.75, 3.05) is 27.2 Å². The number of fused-ring (bicyclic) bond motifs is 7. The maximum Gasteiger partial charge on any atom is 0.331 e. The van der Waals surface area contributed by atoms with Crippen LogP contribution < -0.4 is 37.9 Å². The van der Waals surface area contributed by atoms with E-state index in [9.17, 15) is 38.7 Å². The smallest absolute Gasteiger partial charge is 0.331 e. The third kappa shape index (κ3) is 23.7. The van der Waals surface area contributed by atoms with E-state index in [1.54, 1.807) is 66.8 Å². The molecule has 1 N–H and O–H groups in total. The molecule has 3 aliphatic carbocycles. The maximum atomic E-state index is 13.1. The maximum absolute atomic E-state index is 13.1. The zero-order valence-corrected chi connectivity index (χ0v) is 62.6. The lowest BCUT2D eigenvalue weighted by Gasteiger charge is -2.24. The van der Waals surface area contributed by atoms with Gasteiger partial charge in [0.25, 0.3) is 0 Å². The van der Waals surface area contributed by atoms with Crippen LogP contribution in [0, 0.1) is 35.5 Å². The molecular formula is C88H96O23. The lowest BCUT2D eigenvalue weighted by Crippen LogP contribution is -2.27. The lowest BCUT2D eigenvalue weighted by atomic mass is 9.89. The van der Waals surface area contributed by atoms with Gasteiger partial charge in [-0.1, -0.05) is 67.1 Å². The van der Waals surface area contributed by atoms with Crippen molar-refractivity contribution in [2.24, 2.45) is 35.5 Å². The Morgan fingerprint density at radius 2 is 0.694 bits per heavy atom. The summed E-state index contributed by atoms with van der Waals surface area (Å²) in [5, 5.41) is 10.7. The number of hydrogen-bond acceptors (Lipinski definition) is 23. The standard InChI is InChI=1S/C36H36O10.C26H30O7.C26H30O6/c1-23-5-3-2-4-6-26-19-27(45-35(38)14-9-24-7-11-30-32(17-24)42-21-40-30)20-28(26)29(13-16-34(37)44-23)46-36(39)15-10-25-8-12-31-33(18-25)43-22-41-31;1-17-5-3-2-4-6-19-14-20(15-21(19)22(27)9-12-25(28)32-17)33-26(29)11-8-18-7-10-23-24(13-18)31-16-30-23;1-18-6-3-2-4-7-20-8-5-9-21(20)22(13-15-25(27)31-18)32-26(28)14-11-19-10-12-23-24(16-19)30-17-29-23/h4,6-18,23,26-29H,2-3,5,19-22H2,1H3;4,6-13,17,19-22,27H,2-3,5,14-16H2,1H3;4,7,10-16,18,20-22H,2-3,5-6,8-9,17H2,1H3/b6-4+,14-9+,15-10+,16-13+;6-4+,11-8+,12-9+;7-4+,14-11+,15-13+/t23-,26+,27-,28+,29?;17-,19+,20-,21+,22+;18-,20+,21+,22?/m000/s1. The van der Waals surface area contributed by atoms with E-state index in [2.05, 4.69) is 36.5 Å². The van der Waals surface area contributed by atoms with Gasteiger partial charge in [-0.25, -0.2) is 33.6 Å². The fourth-order valence-electron chi connectivity index (χ4n) is 15.1. The first-order chi connectivity index (χ1) is 53.9. The van der Waals surface area contributed by atoms with Gasteiger partial charge in [-0.3, -0.25) is 0 Å². The molecule has 0 saturated heterocycles. The van der Waals surface area contributed by atoms with Gasteiger partial charge in [-0.05, 0) is 254 Å². The van der Waals surface area contributed by atoms with Crippen LogP contribution in [0.2, 0.25) is 0 Å². The minimum atomic E-state index is -0.823. The number of carbonyl (C=O) groups excluding carboxylic acids is 7. The number of esters is 7. The van der Waals surface area contributed by atoms with Crippen molar-refractivity contribution in [1.82, 2.24) is 0 Å². The molecule has 3 fully saturated rings. The summed E-state index contributed by atoms with van der Waals surface area (Å²) in [4.78, 5) is 87.8. The molecule has 7 heterocycles. The molecule has 0 aromatic heterocycles. The minimum absolute atomic E-state index is 0.0508. The van der Waals surface area contributed by atoms with Crippen LogP contribution in [0.25, 0.3) is 24.3 Å². The molecule has 0 radical (unpaired) electrons. The van der Waals surface area contributed by atoms with Crippen LogP contribution in [-0.4, -0.2) is 123 Å². The number of aliphatic hydroxyl groups is 1. The van der Waals surface area contributed by atoms with Crippen LogP contribution in [-0.2, 0) is 66.7 Å². The molecule has 4 aromatic rings. The predicted octanol–water partition coefficient (Wildman–Crippen LogP) is 14.9. The highest BCUT2D eigenvalue weighted by Gasteiger charge is 2.42. The van der Waals surface area contributed by atoms with Gasteiger partial charge in [0.15, 0.2) is 46.0 Å². The van der Waals surface area contributed by atoms with E-state index in [4.69, 9.17) is 71.1 Å². The van der Waals surface area contributed by atoms with E-state index in [-0.39, 0.29) is 81.2 Å². The Hall–Kier alpha value is -11.1. The van der Waals surface area contributed by atoms with Gasteiger partial charge in [0.1, 0.15) is 24.4 Å². The van der Waals surface area contributed by atoms with Gasteiger partial charge in [-0.2, -0.15) is 0 Å². The number of benzene rings is 4. The molecule has 2 unspecified atom stereocenters. The second-order valence-corrected chi connectivity index (χ2v) is 28.9. The summed E-state index contributed by atoms with van der Waals surface area (Å²) in [6, 6.07) is 21.7. The van der Waals surface area contributed by atoms with Gasteiger partial charge in [-0.15, -0.1) is 0 Å². The molecule has 23 nitrogen and oxygen atoms in total. The molecule has 586 valence electrons.